The summed E-state index contributed by atoms with van der Waals surface area (Å²) in [5, 5.41) is 15.2. The van der Waals surface area contributed by atoms with Crippen molar-refractivity contribution >= 4 is 40.3 Å². The highest BCUT2D eigenvalue weighted by molar-refractivity contribution is 7.99. The Morgan fingerprint density at radius 3 is 2.68 bits per heavy atom. The van der Waals surface area contributed by atoms with Crippen molar-refractivity contribution in [2.24, 2.45) is 0 Å². The summed E-state index contributed by atoms with van der Waals surface area (Å²) < 4.78 is 0. The molecule has 0 saturated carbocycles. The summed E-state index contributed by atoms with van der Waals surface area (Å²) in [5.41, 5.74) is 1.23. The Kier molecular flexibility index (Phi) is 6.69. The molecule has 130 valence electrons. The number of aliphatic hydroxyl groups is 1. The van der Waals surface area contributed by atoms with E-state index in [1.807, 2.05) is 47.8 Å². The molecule has 0 spiro atoms. The van der Waals surface area contributed by atoms with Crippen molar-refractivity contribution in [1.29, 1.82) is 0 Å². The van der Waals surface area contributed by atoms with Crippen molar-refractivity contribution in [3.63, 3.8) is 0 Å². The molecule has 1 aromatic carbocycles. The number of thiophene rings is 2. The SMILES string of the molecule is O=C(CSCc1ccccc1)NCc1ccc(C(O)c2cccs2)s1. The van der Waals surface area contributed by atoms with E-state index in [0.29, 0.717) is 12.3 Å². The van der Waals surface area contributed by atoms with Crippen LogP contribution in [0.15, 0.2) is 60.0 Å². The van der Waals surface area contributed by atoms with Crippen LogP contribution < -0.4 is 5.32 Å². The monoisotopic (exact) mass is 389 g/mol. The molecule has 2 heterocycles. The molecule has 25 heavy (non-hydrogen) atoms. The van der Waals surface area contributed by atoms with Crippen LogP contribution in [-0.4, -0.2) is 16.8 Å². The molecule has 1 unspecified atom stereocenters. The first kappa shape index (κ1) is 18.2. The van der Waals surface area contributed by atoms with Crippen molar-refractivity contribution in [3.05, 3.63) is 80.2 Å². The van der Waals surface area contributed by atoms with Crippen molar-refractivity contribution in [3.8, 4) is 0 Å². The molecule has 0 aliphatic carbocycles. The van der Waals surface area contributed by atoms with Gasteiger partial charge in [-0.25, -0.2) is 0 Å². The van der Waals surface area contributed by atoms with Crippen LogP contribution in [0.5, 0.6) is 0 Å². The fourth-order valence-electron chi connectivity index (χ4n) is 2.30. The van der Waals surface area contributed by atoms with Gasteiger partial charge in [0, 0.05) is 20.4 Å². The van der Waals surface area contributed by atoms with Gasteiger partial charge in [-0.1, -0.05) is 36.4 Å². The molecular formula is C19H19NO2S3. The van der Waals surface area contributed by atoms with E-state index < -0.39 is 6.10 Å². The number of amides is 1. The Labute approximate surface area is 159 Å². The summed E-state index contributed by atoms with van der Waals surface area (Å²) in [6.45, 7) is 0.507. The molecule has 0 aliphatic heterocycles. The van der Waals surface area contributed by atoms with E-state index in [1.165, 1.54) is 16.9 Å². The van der Waals surface area contributed by atoms with Gasteiger partial charge >= 0.3 is 0 Å². The van der Waals surface area contributed by atoms with Gasteiger partial charge in [0.1, 0.15) is 6.10 Å². The van der Waals surface area contributed by atoms with Crippen LogP contribution in [0.3, 0.4) is 0 Å². The Balaban J connectivity index is 1.42. The quantitative estimate of drug-likeness (QED) is 0.599. The first-order valence-electron chi connectivity index (χ1n) is 7.91. The van der Waals surface area contributed by atoms with Gasteiger partial charge in [0.05, 0.1) is 12.3 Å². The highest BCUT2D eigenvalue weighted by atomic mass is 32.2. The molecule has 0 radical (unpaired) electrons. The normalized spacial score (nSPS) is 12.0. The Morgan fingerprint density at radius 1 is 1.08 bits per heavy atom. The fraction of sp³-hybridized carbons (Fsp3) is 0.211. The molecule has 0 aliphatic rings. The van der Waals surface area contributed by atoms with Gasteiger partial charge in [-0.05, 0) is 29.1 Å². The molecular weight excluding hydrogens is 370 g/mol. The topological polar surface area (TPSA) is 49.3 Å². The Bertz CT molecular complexity index is 784. The second-order valence-corrected chi connectivity index (χ2v) is 8.64. The zero-order valence-electron chi connectivity index (χ0n) is 13.6. The molecule has 3 rings (SSSR count). The standard InChI is InChI=1S/C19H19NO2S3/c21-18(13-23-12-14-5-2-1-3-6-14)20-11-15-8-9-17(25-15)19(22)16-7-4-10-24-16/h1-10,19,22H,11-13H2,(H,20,21). The summed E-state index contributed by atoms with van der Waals surface area (Å²) in [6.07, 6.45) is -0.573. The second kappa shape index (κ2) is 9.20. The van der Waals surface area contributed by atoms with Gasteiger partial charge in [-0.3, -0.25) is 4.79 Å². The summed E-state index contributed by atoms with van der Waals surface area (Å²) in [7, 11) is 0. The number of benzene rings is 1. The Morgan fingerprint density at radius 2 is 1.92 bits per heavy atom. The third-order valence-corrected chi connectivity index (χ3v) is 6.64. The maximum absolute atomic E-state index is 12.0. The van der Waals surface area contributed by atoms with E-state index in [2.05, 4.69) is 17.4 Å². The lowest BCUT2D eigenvalue weighted by molar-refractivity contribution is -0.118. The molecule has 6 heteroatoms. The van der Waals surface area contributed by atoms with Crippen LogP contribution in [0.2, 0.25) is 0 Å². The number of carbonyl (C=O) groups excluding carboxylic acids is 1. The first-order chi connectivity index (χ1) is 12.2. The fourth-order valence-corrected chi connectivity index (χ4v) is 4.87. The smallest absolute Gasteiger partial charge is 0.230 e. The zero-order chi connectivity index (χ0) is 17.5. The lowest BCUT2D eigenvalue weighted by Crippen LogP contribution is -2.24. The molecule has 1 atom stereocenters. The van der Waals surface area contributed by atoms with Crippen molar-refractivity contribution in [2.75, 3.05) is 5.75 Å². The first-order valence-corrected chi connectivity index (χ1v) is 10.8. The molecule has 0 fully saturated rings. The van der Waals surface area contributed by atoms with Gasteiger partial charge < -0.3 is 10.4 Å². The van der Waals surface area contributed by atoms with E-state index in [9.17, 15) is 9.90 Å². The lowest BCUT2D eigenvalue weighted by atomic mass is 10.2. The predicted molar refractivity (Wildman–Crippen MR) is 107 cm³/mol. The highest BCUT2D eigenvalue weighted by Crippen LogP contribution is 2.30. The molecule has 3 nitrogen and oxygen atoms in total. The van der Waals surface area contributed by atoms with Crippen molar-refractivity contribution in [1.82, 2.24) is 5.32 Å². The van der Waals surface area contributed by atoms with Crippen LogP contribution >= 0.6 is 34.4 Å². The third-order valence-electron chi connectivity index (χ3n) is 3.57. The minimum absolute atomic E-state index is 0.0367. The molecule has 2 aromatic heterocycles. The number of nitrogens with one attached hydrogen (secondary N) is 1. The average Bonchev–Trinajstić information content (AvgIpc) is 3.32. The Hall–Kier alpha value is -1.60. The maximum atomic E-state index is 12.0. The summed E-state index contributed by atoms with van der Waals surface area (Å²) in [5.74, 6) is 1.32. The number of aliphatic hydroxyl groups excluding tert-OH is 1. The predicted octanol–water partition coefficient (Wildman–Crippen LogP) is 4.44. The maximum Gasteiger partial charge on any atom is 0.230 e. The van der Waals surface area contributed by atoms with Gasteiger partial charge in [0.25, 0.3) is 0 Å². The van der Waals surface area contributed by atoms with Crippen LogP contribution in [0.4, 0.5) is 0 Å². The summed E-state index contributed by atoms with van der Waals surface area (Å²) >= 11 is 4.69. The zero-order valence-corrected chi connectivity index (χ0v) is 16.0. The highest BCUT2D eigenvalue weighted by Gasteiger charge is 2.14. The van der Waals surface area contributed by atoms with Crippen molar-refractivity contribution in [2.45, 2.75) is 18.4 Å². The lowest BCUT2D eigenvalue weighted by Gasteiger charge is -2.05. The van der Waals surface area contributed by atoms with Crippen LogP contribution in [0.1, 0.15) is 26.3 Å². The number of hydrogen-bond acceptors (Lipinski definition) is 5. The van der Waals surface area contributed by atoms with Crippen LogP contribution in [0.25, 0.3) is 0 Å². The van der Waals surface area contributed by atoms with Crippen LogP contribution in [0, 0.1) is 0 Å². The number of thioether (sulfide) groups is 1. The van der Waals surface area contributed by atoms with E-state index in [-0.39, 0.29) is 5.91 Å². The van der Waals surface area contributed by atoms with Gasteiger partial charge in [-0.15, -0.1) is 34.4 Å². The van der Waals surface area contributed by atoms with Gasteiger partial charge in [0.15, 0.2) is 0 Å². The summed E-state index contributed by atoms with van der Waals surface area (Å²) in [4.78, 5) is 14.9. The van der Waals surface area contributed by atoms with E-state index in [4.69, 9.17) is 0 Å². The molecule has 2 N–H and O–H groups in total. The van der Waals surface area contributed by atoms with Crippen molar-refractivity contribution < 1.29 is 9.90 Å². The van der Waals surface area contributed by atoms with Crippen LogP contribution in [-0.2, 0) is 17.1 Å². The minimum Gasteiger partial charge on any atom is -0.382 e. The van der Waals surface area contributed by atoms with E-state index >= 15 is 0 Å². The largest absolute Gasteiger partial charge is 0.382 e. The summed E-state index contributed by atoms with van der Waals surface area (Å²) in [6, 6.07) is 17.9. The second-order valence-electron chi connectivity index (χ2n) is 5.48. The molecule has 0 bridgehead atoms. The minimum atomic E-state index is -0.573. The molecule has 0 saturated heterocycles. The molecule has 3 aromatic rings. The third kappa shape index (κ3) is 5.44. The van der Waals surface area contributed by atoms with Gasteiger partial charge in [-0.2, -0.15) is 0 Å². The van der Waals surface area contributed by atoms with E-state index in [1.54, 1.807) is 23.1 Å². The number of rotatable bonds is 8. The number of carbonyl (C=O) groups is 1. The molecule has 1 amide bonds. The number of hydrogen-bond donors (Lipinski definition) is 2. The van der Waals surface area contributed by atoms with E-state index in [0.717, 1.165) is 20.4 Å². The average molecular weight is 390 g/mol. The van der Waals surface area contributed by atoms with Gasteiger partial charge in [0.2, 0.25) is 5.91 Å².